The van der Waals surface area contributed by atoms with E-state index in [4.69, 9.17) is 0 Å². The Bertz CT molecular complexity index is 857. The van der Waals surface area contributed by atoms with Gasteiger partial charge in [0.2, 0.25) is 11.8 Å². The molecule has 0 bridgehead atoms. The van der Waals surface area contributed by atoms with Crippen molar-refractivity contribution in [1.82, 2.24) is 15.1 Å². The number of carbonyl (C=O) groups excluding carboxylic acids is 3. The Labute approximate surface area is 188 Å². The largest absolute Gasteiger partial charge is 0.342 e. The Morgan fingerprint density at radius 1 is 1.06 bits per heavy atom. The zero-order chi connectivity index (χ0) is 22.2. The number of carbonyl (C=O) groups is 3. The van der Waals surface area contributed by atoms with Crippen molar-refractivity contribution in [3.63, 3.8) is 0 Å². The molecule has 1 aliphatic heterocycles. The van der Waals surface area contributed by atoms with Crippen LogP contribution in [0, 0.1) is 5.92 Å². The summed E-state index contributed by atoms with van der Waals surface area (Å²) in [5.74, 6) is -0.122. The van der Waals surface area contributed by atoms with Gasteiger partial charge in [-0.15, -0.1) is 11.3 Å². The van der Waals surface area contributed by atoms with Crippen molar-refractivity contribution < 1.29 is 14.4 Å². The fourth-order valence-corrected chi connectivity index (χ4v) is 4.72. The Morgan fingerprint density at radius 3 is 2.32 bits per heavy atom. The fraction of sp³-hybridized carbons (Fsp3) is 0.458. The van der Waals surface area contributed by atoms with E-state index < -0.39 is 6.04 Å². The lowest BCUT2D eigenvalue weighted by atomic mass is 9.88. The van der Waals surface area contributed by atoms with Gasteiger partial charge in [0.1, 0.15) is 6.04 Å². The first-order valence-electron chi connectivity index (χ1n) is 11.0. The fourth-order valence-electron chi connectivity index (χ4n) is 4.10. The lowest BCUT2D eigenvalue weighted by molar-refractivity contribution is -0.135. The third kappa shape index (κ3) is 5.94. The van der Waals surface area contributed by atoms with E-state index in [2.05, 4.69) is 5.32 Å². The Hall–Kier alpha value is -2.67. The number of nitrogens with one attached hydrogen (secondary N) is 1. The molecule has 0 radical (unpaired) electrons. The van der Waals surface area contributed by atoms with Gasteiger partial charge in [-0.1, -0.05) is 36.4 Å². The molecule has 7 heteroatoms. The predicted octanol–water partition coefficient (Wildman–Crippen LogP) is 3.20. The summed E-state index contributed by atoms with van der Waals surface area (Å²) in [5, 5.41) is 4.85. The van der Waals surface area contributed by atoms with Crippen molar-refractivity contribution in [1.29, 1.82) is 0 Å². The van der Waals surface area contributed by atoms with E-state index in [0.717, 1.165) is 5.56 Å². The van der Waals surface area contributed by atoms with Gasteiger partial charge in [-0.05, 0) is 49.6 Å². The molecule has 0 aliphatic carbocycles. The van der Waals surface area contributed by atoms with Crippen LogP contribution in [0.3, 0.4) is 0 Å². The van der Waals surface area contributed by atoms with Gasteiger partial charge in [0.05, 0.1) is 11.3 Å². The monoisotopic (exact) mass is 441 g/mol. The van der Waals surface area contributed by atoms with Gasteiger partial charge in [-0.3, -0.25) is 14.4 Å². The minimum Gasteiger partial charge on any atom is -0.342 e. The van der Waals surface area contributed by atoms with Crippen LogP contribution in [0.2, 0.25) is 0 Å². The minimum atomic E-state index is -0.569. The lowest BCUT2D eigenvalue weighted by Gasteiger charge is -2.37. The molecular weight excluding hydrogens is 410 g/mol. The second-order valence-electron chi connectivity index (χ2n) is 7.82. The number of hydrogen-bond acceptors (Lipinski definition) is 4. The van der Waals surface area contributed by atoms with Gasteiger partial charge in [-0.25, -0.2) is 0 Å². The molecule has 1 aromatic carbocycles. The predicted molar refractivity (Wildman–Crippen MR) is 123 cm³/mol. The number of nitrogens with zero attached hydrogens (tertiary/aromatic N) is 2. The van der Waals surface area contributed by atoms with Crippen molar-refractivity contribution in [3.8, 4) is 0 Å². The normalized spacial score (nSPS) is 15.4. The number of likely N-dealkylation sites (tertiary alicyclic amines) is 1. The standard InChI is InChI=1S/C24H31N3O3S/c1-3-26(4-2)24(30)22(25-23(29)20-11-8-16-31-20)19-12-14-27(15-13-19)21(28)17-18-9-6-5-7-10-18/h5-11,16,19,22H,3-4,12-15,17H2,1-2H3,(H,25,29)/t22-/m1/s1. The van der Waals surface area contributed by atoms with Gasteiger partial charge in [0.25, 0.3) is 5.91 Å². The molecule has 1 aromatic heterocycles. The molecular formula is C24H31N3O3S. The molecule has 31 heavy (non-hydrogen) atoms. The van der Waals surface area contributed by atoms with Gasteiger partial charge in [-0.2, -0.15) is 0 Å². The topological polar surface area (TPSA) is 69.7 Å². The second-order valence-corrected chi connectivity index (χ2v) is 8.77. The van der Waals surface area contributed by atoms with Gasteiger partial charge in [0, 0.05) is 26.2 Å². The Kier molecular flexibility index (Phi) is 8.23. The molecule has 1 atom stereocenters. The smallest absolute Gasteiger partial charge is 0.262 e. The van der Waals surface area contributed by atoms with E-state index in [1.165, 1.54) is 11.3 Å². The first kappa shape index (κ1) is 23.0. The number of hydrogen-bond donors (Lipinski definition) is 1. The summed E-state index contributed by atoms with van der Waals surface area (Å²) in [5.41, 5.74) is 1.01. The van der Waals surface area contributed by atoms with Crippen LogP contribution in [-0.4, -0.2) is 59.7 Å². The Morgan fingerprint density at radius 2 is 1.74 bits per heavy atom. The first-order valence-corrected chi connectivity index (χ1v) is 11.9. The number of thiophene rings is 1. The van der Waals surface area contributed by atoms with E-state index in [9.17, 15) is 14.4 Å². The number of rotatable bonds is 8. The molecule has 2 heterocycles. The summed E-state index contributed by atoms with van der Waals surface area (Å²) in [6, 6.07) is 12.8. The molecule has 1 saturated heterocycles. The SMILES string of the molecule is CCN(CC)C(=O)[C@H](NC(=O)c1cccs1)C1CCN(C(=O)Cc2ccccc2)CC1. The highest BCUT2D eigenvalue weighted by atomic mass is 32.1. The summed E-state index contributed by atoms with van der Waals surface area (Å²) < 4.78 is 0. The molecule has 1 fully saturated rings. The number of amides is 3. The molecule has 6 nitrogen and oxygen atoms in total. The highest BCUT2D eigenvalue weighted by molar-refractivity contribution is 7.12. The van der Waals surface area contributed by atoms with Crippen LogP contribution in [0.1, 0.15) is 41.9 Å². The average molecular weight is 442 g/mol. The van der Waals surface area contributed by atoms with E-state index in [1.807, 2.05) is 60.5 Å². The van der Waals surface area contributed by atoms with E-state index in [0.29, 0.717) is 50.3 Å². The maximum absolute atomic E-state index is 13.2. The molecule has 3 amide bonds. The number of likely N-dealkylation sites (N-methyl/N-ethyl adjacent to an activating group) is 1. The number of benzene rings is 1. The highest BCUT2D eigenvalue weighted by Gasteiger charge is 2.35. The summed E-state index contributed by atoms with van der Waals surface area (Å²) in [6.45, 7) is 6.32. The zero-order valence-corrected chi connectivity index (χ0v) is 19.1. The third-order valence-electron chi connectivity index (χ3n) is 5.93. The van der Waals surface area contributed by atoms with E-state index in [1.54, 1.807) is 11.0 Å². The van der Waals surface area contributed by atoms with E-state index in [-0.39, 0.29) is 23.6 Å². The van der Waals surface area contributed by atoms with Gasteiger partial charge < -0.3 is 15.1 Å². The summed E-state index contributed by atoms with van der Waals surface area (Å²) in [7, 11) is 0. The Balaban J connectivity index is 1.65. The quantitative estimate of drug-likeness (QED) is 0.684. The van der Waals surface area contributed by atoms with Crippen LogP contribution in [0.15, 0.2) is 47.8 Å². The van der Waals surface area contributed by atoms with Crippen LogP contribution in [0.4, 0.5) is 0 Å². The lowest BCUT2D eigenvalue weighted by Crippen LogP contribution is -2.54. The molecule has 1 N–H and O–H groups in total. The average Bonchev–Trinajstić information content (AvgIpc) is 3.34. The van der Waals surface area contributed by atoms with Crippen LogP contribution >= 0.6 is 11.3 Å². The number of piperidine rings is 1. The van der Waals surface area contributed by atoms with Crippen molar-refractivity contribution in [2.75, 3.05) is 26.2 Å². The molecule has 3 rings (SSSR count). The van der Waals surface area contributed by atoms with Crippen LogP contribution in [0.5, 0.6) is 0 Å². The summed E-state index contributed by atoms with van der Waals surface area (Å²) in [6.07, 6.45) is 1.79. The molecule has 0 unspecified atom stereocenters. The maximum Gasteiger partial charge on any atom is 0.262 e. The van der Waals surface area contributed by atoms with Gasteiger partial charge >= 0.3 is 0 Å². The third-order valence-corrected chi connectivity index (χ3v) is 6.80. The summed E-state index contributed by atoms with van der Waals surface area (Å²) >= 11 is 1.37. The zero-order valence-electron chi connectivity index (χ0n) is 18.3. The van der Waals surface area contributed by atoms with Gasteiger partial charge in [0.15, 0.2) is 0 Å². The summed E-state index contributed by atoms with van der Waals surface area (Å²) in [4.78, 5) is 42.9. The van der Waals surface area contributed by atoms with Crippen LogP contribution in [-0.2, 0) is 16.0 Å². The van der Waals surface area contributed by atoms with Crippen molar-refractivity contribution >= 4 is 29.1 Å². The molecule has 2 aromatic rings. The maximum atomic E-state index is 13.2. The molecule has 0 spiro atoms. The van der Waals surface area contributed by atoms with Crippen molar-refractivity contribution in [2.24, 2.45) is 5.92 Å². The molecule has 166 valence electrons. The molecule has 0 saturated carbocycles. The highest BCUT2D eigenvalue weighted by Crippen LogP contribution is 2.24. The van der Waals surface area contributed by atoms with E-state index >= 15 is 0 Å². The van der Waals surface area contributed by atoms with Crippen molar-refractivity contribution in [2.45, 2.75) is 39.2 Å². The molecule has 1 aliphatic rings. The first-order chi connectivity index (χ1) is 15.0. The minimum absolute atomic E-state index is 0.0118. The van der Waals surface area contributed by atoms with Crippen LogP contribution < -0.4 is 5.32 Å². The van der Waals surface area contributed by atoms with Crippen molar-refractivity contribution in [3.05, 3.63) is 58.3 Å². The second kappa shape index (κ2) is 11.1. The van der Waals surface area contributed by atoms with Crippen LogP contribution in [0.25, 0.3) is 0 Å².